The van der Waals surface area contributed by atoms with E-state index in [1.807, 2.05) is 25.1 Å². The molecule has 0 radical (unpaired) electrons. The van der Waals surface area contributed by atoms with Gasteiger partial charge in [0.05, 0.1) is 20.3 Å². The molecule has 0 spiro atoms. The van der Waals surface area contributed by atoms with E-state index in [4.69, 9.17) is 15.2 Å². The highest BCUT2D eigenvalue weighted by Gasteiger charge is 2.19. The molecule has 0 aliphatic rings. The summed E-state index contributed by atoms with van der Waals surface area (Å²) in [4.78, 5) is 0. The van der Waals surface area contributed by atoms with E-state index in [0.29, 0.717) is 17.1 Å². The minimum absolute atomic E-state index is 0.346. The van der Waals surface area contributed by atoms with E-state index < -0.39 is 11.9 Å². The highest BCUT2D eigenvalue weighted by Crippen LogP contribution is 2.34. The molecule has 0 fully saturated rings. The van der Waals surface area contributed by atoms with E-state index in [1.165, 1.54) is 20.3 Å². The first-order valence-electron chi connectivity index (χ1n) is 6.41. The lowest BCUT2D eigenvalue weighted by molar-refractivity contribution is 0.351. The Morgan fingerprint density at radius 2 is 1.67 bits per heavy atom. The van der Waals surface area contributed by atoms with Crippen LogP contribution in [0.15, 0.2) is 34.8 Å². The molecule has 3 nitrogen and oxygen atoms in total. The zero-order valence-corrected chi connectivity index (χ0v) is 13.7. The number of hydrogen-bond donors (Lipinski definition) is 1. The van der Waals surface area contributed by atoms with Crippen LogP contribution < -0.4 is 15.2 Å². The van der Waals surface area contributed by atoms with Crippen LogP contribution in [0.4, 0.5) is 4.39 Å². The smallest absolute Gasteiger partial charge is 0.163 e. The molecular formula is C16H17BrFNO2. The summed E-state index contributed by atoms with van der Waals surface area (Å²) < 4.78 is 25.5. The monoisotopic (exact) mass is 353 g/mol. The second-order valence-corrected chi connectivity index (χ2v) is 5.62. The lowest BCUT2D eigenvalue weighted by Gasteiger charge is -2.18. The molecule has 21 heavy (non-hydrogen) atoms. The van der Waals surface area contributed by atoms with E-state index in [2.05, 4.69) is 15.9 Å². The van der Waals surface area contributed by atoms with Crippen molar-refractivity contribution >= 4 is 15.9 Å². The SMILES string of the molecule is COc1cc(F)c(C(N)c2ccc(Br)cc2C)cc1OC. The third-order valence-corrected chi connectivity index (χ3v) is 3.90. The molecule has 112 valence electrons. The Bertz CT molecular complexity index is 661. The van der Waals surface area contributed by atoms with Crippen LogP contribution >= 0.6 is 15.9 Å². The van der Waals surface area contributed by atoms with E-state index in [9.17, 15) is 4.39 Å². The Balaban J connectivity index is 2.50. The van der Waals surface area contributed by atoms with Gasteiger partial charge in [-0.2, -0.15) is 0 Å². The van der Waals surface area contributed by atoms with Gasteiger partial charge >= 0.3 is 0 Å². The van der Waals surface area contributed by atoms with Crippen molar-refractivity contribution in [3.63, 3.8) is 0 Å². The molecule has 2 aromatic rings. The molecule has 1 atom stereocenters. The van der Waals surface area contributed by atoms with Gasteiger partial charge in [0.2, 0.25) is 0 Å². The molecular weight excluding hydrogens is 337 g/mol. The predicted octanol–water partition coefficient (Wildman–Crippen LogP) is 3.96. The molecule has 2 aromatic carbocycles. The Hall–Kier alpha value is -1.59. The van der Waals surface area contributed by atoms with Gasteiger partial charge in [-0.15, -0.1) is 0 Å². The van der Waals surface area contributed by atoms with E-state index in [1.54, 1.807) is 6.07 Å². The van der Waals surface area contributed by atoms with Crippen LogP contribution in [-0.2, 0) is 0 Å². The summed E-state index contributed by atoms with van der Waals surface area (Å²) in [5.74, 6) is 0.389. The quantitative estimate of drug-likeness (QED) is 0.904. The number of benzene rings is 2. The van der Waals surface area contributed by atoms with Crippen molar-refractivity contribution in [1.82, 2.24) is 0 Å². The zero-order valence-electron chi connectivity index (χ0n) is 12.1. The number of hydrogen-bond acceptors (Lipinski definition) is 3. The maximum Gasteiger partial charge on any atom is 0.163 e. The molecule has 1 unspecified atom stereocenters. The molecule has 0 saturated heterocycles. The van der Waals surface area contributed by atoms with Crippen molar-refractivity contribution in [1.29, 1.82) is 0 Å². The van der Waals surface area contributed by atoms with Gasteiger partial charge in [0.1, 0.15) is 5.82 Å². The predicted molar refractivity (Wildman–Crippen MR) is 84.4 cm³/mol. The molecule has 0 aliphatic carbocycles. The number of aryl methyl sites for hydroxylation is 1. The molecule has 2 rings (SSSR count). The lowest BCUT2D eigenvalue weighted by Crippen LogP contribution is -2.15. The zero-order chi connectivity index (χ0) is 15.6. The molecule has 0 aliphatic heterocycles. The second kappa shape index (κ2) is 6.45. The summed E-state index contributed by atoms with van der Waals surface area (Å²) in [7, 11) is 2.98. The molecule has 0 heterocycles. The number of halogens is 2. The fourth-order valence-electron chi connectivity index (χ4n) is 2.26. The van der Waals surface area contributed by atoms with Crippen LogP contribution in [0.5, 0.6) is 11.5 Å². The van der Waals surface area contributed by atoms with Crippen LogP contribution in [-0.4, -0.2) is 14.2 Å². The maximum atomic E-state index is 14.3. The number of ether oxygens (including phenoxy) is 2. The fourth-order valence-corrected chi connectivity index (χ4v) is 2.74. The highest BCUT2D eigenvalue weighted by molar-refractivity contribution is 9.10. The average Bonchev–Trinajstić information content (AvgIpc) is 2.46. The van der Waals surface area contributed by atoms with Crippen LogP contribution in [0.25, 0.3) is 0 Å². The minimum Gasteiger partial charge on any atom is -0.493 e. The largest absolute Gasteiger partial charge is 0.493 e. The van der Waals surface area contributed by atoms with E-state index in [0.717, 1.165) is 15.6 Å². The van der Waals surface area contributed by atoms with Crippen molar-refractivity contribution in [3.8, 4) is 11.5 Å². The third kappa shape index (κ3) is 3.19. The molecule has 0 amide bonds. The van der Waals surface area contributed by atoms with E-state index in [-0.39, 0.29) is 0 Å². The third-order valence-electron chi connectivity index (χ3n) is 3.40. The van der Waals surface area contributed by atoms with Crippen LogP contribution in [0.1, 0.15) is 22.7 Å². The van der Waals surface area contributed by atoms with Crippen molar-refractivity contribution in [2.45, 2.75) is 13.0 Å². The van der Waals surface area contributed by atoms with Crippen molar-refractivity contribution < 1.29 is 13.9 Å². The lowest BCUT2D eigenvalue weighted by atomic mass is 9.95. The van der Waals surface area contributed by atoms with Crippen molar-refractivity contribution in [3.05, 3.63) is 57.3 Å². The van der Waals surface area contributed by atoms with Gasteiger partial charge in [-0.3, -0.25) is 0 Å². The van der Waals surface area contributed by atoms with Crippen molar-refractivity contribution in [2.75, 3.05) is 14.2 Å². The standard InChI is InChI=1S/C16H17BrFNO2/c1-9-6-10(17)4-5-11(9)16(19)12-7-14(20-2)15(21-3)8-13(12)18/h4-8,16H,19H2,1-3H3. The number of rotatable bonds is 4. The van der Waals surface area contributed by atoms with Gasteiger partial charge in [-0.05, 0) is 36.2 Å². The molecule has 0 saturated carbocycles. The summed E-state index contributed by atoms with van der Waals surface area (Å²) in [6.07, 6.45) is 0. The van der Waals surface area contributed by atoms with Gasteiger partial charge in [0.25, 0.3) is 0 Å². The Morgan fingerprint density at radius 1 is 1.05 bits per heavy atom. The minimum atomic E-state index is -0.571. The fraction of sp³-hybridized carbons (Fsp3) is 0.250. The highest BCUT2D eigenvalue weighted by atomic mass is 79.9. The van der Waals surface area contributed by atoms with Crippen LogP contribution in [0.2, 0.25) is 0 Å². The number of methoxy groups -OCH3 is 2. The van der Waals surface area contributed by atoms with E-state index >= 15 is 0 Å². The molecule has 2 N–H and O–H groups in total. The summed E-state index contributed by atoms with van der Waals surface area (Å²) in [5.41, 5.74) is 8.46. The topological polar surface area (TPSA) is 44.5 Å². The Kier molecular flexibility index (Phi) is 4.85. The Morgan fingerprint density at radius 3 is 2.24 bits per heavy atom. The summed E-state index contributed by atoms with van der Waals surface area (Å²) in [5, 5.41) is 0. The second-order valence-electron chi connectivity index (χ2n) is 4.71. The normalized spacial score (nSPS) is 12.1. The molecule has 0 bridgehead atoms. The molecule has 5 heteroatoms. The first-order valence-corrected chi connectivity index (χ1v) is 7.20. The molecule has 0 aromatic heterocycles. The van der Waals surface area contributed by atoms with Gasteiger partial charge in [0, 0.05) is 16.1 Å². The summed E-state index contributed by atoms with van der Waals surface area (Å²) in [6, 6.07) is 8.04. The first-order chi connectivity index (χ1) is 9.97. The summed E-state index contributed by atoms with van der Waals surface area (Å²) >= 11 is 3.41. The van der Waals surface area contributed by atoms with Gasteiger partial charge < -0.3 is 15.2 Å². The average molecular weight is 354 g/mol. The van der Waals surface area contributed by atoms with Crippen LogP contribution in [0, 0.1) is 12.7 Å². The van der Waals surface area contributed by atoms with Gasteiger partial charge in [-0.25, -0.2) is 4.39 Å². The van der Waals surface area contributed by atoms with Gasteiger partial charge in [0.15, 0.2) is 11.5 Å². The first kappa shape index (κ1) is 15.8. The van der Waals surface area contributed by atoms with Crippen molar-refractivity contribution in [2.24, 2.45) is 5.73 Å². The van der Waals surface area contributed by atoms with Gasteiger partial charge in [-0.1, -0.05) is 22.0 Å². The maximum absolute atomic E-state index is 14.3. The Labute approximate surface area is 132 Å². The van der Waals surface area contributed by atoms with Crippen LogP contribution in [0.3, 0.4) is 0 Å². The number of nitrogens with two attached hydrogens (primary N) is 1. The summed E-state index contributed by atoms with van der Waals surface area (Å²) in [6.45, 7) is 1.94.